The number of rotatable bonds is 6. The molecule has 2 aliphatic heterocycles. The monoisotopic (exact) mass is 395 g/mol. The molecule has 2 aromatic carbocycles. The van der Waals surface area contributed by atoms with Crippen molar-refractivity contribution in [1.82, 2.24) is 15.1 Å². The molecule has 154 valence electrons. The van der Waals surface area contributed by atoms with Gasteiger partial charge < -0.3 is 19.7 Å². The van der Waals surface area contributed by atoms with E-state index in [1.165, 1.54) is 11.1 Å². The summed E-state index contributed by atoms with van der Waals surface area (Å²) in [5.74, 6) is 1.90. The first kappa shape index (κ1) is 19.6. The number of urea groups is 1. The highest BCUT2D eigenvalue weighted by Gasteiger charge is 2.21. The molecule has 2 amide bonds. The number of para-hydroxylation sites is 1. The molecule has 0 aliphatic carbocycles. The number of fused-ring (bicyclic) bond motifs is 1. The average molecular weight is 396 g/mol. The molecule has 1 fully saturated rings. The highest BCUT2D eigenvalue weighted by atomic mass is 16.5. The summed E-state index contributed by atoms with van der Waals surface area (Å²) in [7, 11) is 0. The Labute approximate surface area is 172 Å². The molecular formula is C23H29N3O3. The number of hydrogen-bond acceptors (Lipinski definition) is 4. The van der Waals surface area contributed by atoms with E-state index in [0.29, 0.717) is 13.2 Å². The van der Waals surface area contributed by atoms with Crippen molar-refractivity contribution in [2.75, 3.05) is 45.9 Å². The Balaban J connectivity index is 1.16. The van der Waals surface area contributed by atoms with E-state index < -0.39 is 0 Å². The van der Waals surface area contributed by atoms with Crippen molar-refractivity contribution in [3.05, 3.63) is 59.2 Å². The zero-order chi connectivity index (χ0) is 20.1. The summed E-state index contributed by atoms with van der Waals surface area (Å²) in [6, 6.07) is 14.4. The van der Waals surface area contributed by atoms with E-state index in [1.54, 1.807) is 0 Å². The van der Waals surface area contributed by atoms with Crippen LogP contribution in [0.25, 0.3) is 0 Å². The minimum absolute atomic E-state index is 0.00675. The van der Waals surface area contributed by atoms with Crippen LogP contribution in [0.4, 0.5) is 4.79 Å². The first-order chi connectivity index (χ1) is 14.2. The molecule has 6 heteroatoms. The SMILES string of the molecule is Cc1ccccc1OCCNC(=O)N1CCN(Cc2ccc3c(c2)CCO3)CC1. The number of aryl methyl sites for hydroxylation is 1. The summed E-state index contributed by atoms with van der Waals surface area (Å²) >= 11 is 0. The number of carbonyl (C=O) groups is 1. The van der Waals surface area contributed by atoms with Crippen molar-refractivity contribution < 1.29 is 14.3 Å². The van der Waals surface area contributed by atoms with E-state index in [0.717, 1.165) is 62.8 Å². The maximum atomic E-state index is 12.4. The molecule has 2 aromatic rings. The van der Waals surface area contributed by atoms with Gasteiger partial charge >= 0.3 is 6.03 Å². The van der Waals surface area contributed by atoms with E-state index in [4.69, 9.17) is 9.47 Å². The van der Waals surface area contributed by atoms with Crippen molar-refractivity contribution in [3.8, 4) is 11.5 Å². The maximum absolute atomic E-state index is 12.4. The molecular weight excluding hydrogens is 366 g/mol. The topological polar surface area (TPSA) is 54.0 Å². The molecule has 0 spiro atoms. The second-order valence-electron chi connectivity index (χ2n) is 7.65. The lowest BCUT2D eigenvalue weighted by Gasteiger charge is -2.34. The fourth-order valence-electron chi connectivity index (χ4n) is 3.85. The Morgan fingerprint density at radius 3 is 2.79 bits per heavy atom. The molecule has 0 bridgehead atoms. The van der Waals surface area contributed by atoms with Crippen LogP contribution in [-0.4, -0.2) is 61.8 Å². The fraction of sp³-hybridized carbons (Fsp3) is 0.435. The minimum Gasteiger partial charge on any atom is -0.493 e. The van der Waals surface area contributed by atoms with Crippen LogP contribution in [0.2, 0.25) is 0 Å². The standard InChI is InChI=1S/C23H29N3O3/c1-18-4-2-3-5-21(18)29-15-9-24-23(27)26-12-10-25(11-13-26)17-19-6-7-22-20(16-19)8-14-28-22/h2-7,16H,8-15,17H2,1H3,(H,24,27). The van der Waals surface area contributed by atoms with Gasteiger partial charge in [0.2, 0.25) is 0 Å². The van der Waals surface area contributed by atoms with E-state index in [2.05, 4.69) is 28.4 Å². The van der Waals surface area contributed by atoms with Gasteiger partial charge in [-0.3, -0.25) is 4.90 Å². The van der Waals surface area contributed by atoms with Crippen molar-refractivity contribution in [1.29, 1.82) is 0 Å². The van der Waals surface area contributed by atoms with Crippen molar-refractivity contribution in [2.45, 2.75) is 19.9 Å². The Hall–Kier alpha value is -2.73. The molecule has 6 nitrogen and oxygen atoms in total. The summed E-state index contributed by atoms with van der Waals surface area (Å²) in [5, 5.41) is 2.96. The van der Waals surface area contributed by atoms with Gasteiger partial charge in [-0.15, -0.1) is 0 Å². The number of ether oxygens (including phenoxy) is 2. The Morgan fingerprint density at radius 2 is 1.97 bits per heavy atom. The Morgan fingerprint density at radius 1 is 1.14 bits per heavy atom. The Kier molecular flexibility index (Phi) is 6.20. The molecule has 1 saturated heterocycles. The highest BCUT2D eigenvalue weighted by molar-refractivity contribution is 5.74. The predicted octanol–water partition coefficient (Wildman–Crippen LogP) is 2.84. The number of benzene rings is 2. The number of carbonyl (C=O) groups excluding carboxylic acids is 1. The van der Waals surface area contributed by atoms with Gasteiger partial charge in [0.15, 0.2) is 0 Å². The lowest BCUT2D eigenvalue weighted by atomic mass is 10.1. The third kappa shape index (κ3) is 5.01. The molecule has 2 aliphatic rings. The molecule has 0 aromatic heterocycles. The van der Waals surface area contributed by atoms with Crippen LogP contribution in [-0.2, 0) is 13.0 Å². The van der Waals surface area contributed by atoms with E-state index in [1.807, 2.05) is 36.1 Å². The van der Waals surface area contributed by atoms with Gasteiger partial charge in [-0.1, -0.05) is 30.3 Å². The zero-order valence-corrected chi connectivity index (χ0v) is 17.0. The summed E-state index contributed by atoms with van der Waals surface area (Å²) in [6.07, 6.45) is 1.00. The average Bonchev–Trinajstić information content (AvgIpc) is 3.21. The number of nitrogens with one attached hydrogen (secondary N) is 1. The van der Waals surface area contributed by atoms with Crippen LogP contribution < -0.4 is 14.8 Å². The van der Waals surface area contributed by atoms with Gasteiger partial charge in [-0.2, -0.15) is 0 Å². The second-order valence-corrected chi connectivity index (χ2v) is 7.65. The summed E-state index contributed by atoms with van der Waals surface area (Å²) in [6.45, 7) is 7.99. The second kappa shape index (κ2) is 9.18. The number of amides is 2. The molecule has 2 heterocycles. The Bertz CT molecular complexity index is 847. The van der Waals surface area contributed by atoms with Crippen LogP contribution in [0.3, 0.4) is 0 Å². The van der Waals surface area contributed by atoms with Gasteiger partial charge in [-0.25, -0.2) is 4.79 Å². The lowest BCUT2D eigenvalue weighted by Crippen LogP contribution is -2.51. The van der Waals surface area contributed by atoms with Crippen LogP contribution in [0.5, 0.6) is 11.5 Å². The molecule has 0 saturated carbocycles. The molecule has 4 rings (SSSR count). The van der Waals surface area contributed by atoms with Crippen LogP contribution >= 0.6 is 0 Å². The third-order valence-corrected chi connectivity index (χ3v) is 5.55. The third-order valence-electron chi connectivity index (χ3n) is 5.55. The van der Waals surface area contributed by atoms with Gasteiger partial charge in [0.25, 0.3) is 0 Å². The first-order valence-electron chi connectivity index (χ1n) is 10.4. The summed E-state index contributed by atoms with van der Waals surface area (Å²) in [5.41, 5.74) is 3.74. The first-order valence-corrected chi connectivity index (χ1v) is 10.4. The van der Waals surface area contributed by atoms with Crippen molar-refractivity contribution in [2.24, 2.45) is 0 Å². The summed E-state index contributed by atoms with van der Waals surface area (Å²) < 4.78 is 11.3. The fourth-order valence-corrected chi connectivity index (χ4v) is 3.85. The number of nitrogens with zero attached hydrogens (tertiary/aromatic N) is 2. The van der Waals surface area contributed by atoms with Crippen molar-refractivity contribution in [3.63, 3.8) is 0 Å². The van der Waals surface area contributed by atoms with Crippen LogP contribution in [0.1, 0.15) is 16.7 Å². The maximum Gasteiger partial charge on any atom is 0.317 e. The lowest BCUT2D eigenvalue weighted by molar-refractivity contribution is 0.134. The van der Waals surface area contributed by atoms with E-state index >= 15 is 0 Å². The largest absolute Gasteiger partial charge is 0.493 e. The molecule has 0 atom stereocenters. The zero-order valence-electron chi connectivity index (χ0n) is 17.0. The molecule has 0 unspecified atom stereocenters. The van der Waals surface area contributed by atoms with Crippen LogP contribution in [0.15, 0.2) is 42.5 Å². The number of piperazine rings is 1. The predicted molar refractivity (Wildman–Crippen MR) is 113 cm³/mol. The van der Waals surface area contributed by atoms with Gasteiger partial charge in [0, 0.05) is 39.1 Å². The van der Waals surface area contributed by atoms with Crippen molar-refractivity contribution >= 4 is 6.03 Å². The number of hydrogen-bond donors (Lipinski definition) is 1. The normalized spacial score (nSPS) is 16.2. The van der Waals surface area contributed by atoms with E-state index in [-0.39, 0.29) is 6.03 Å². The smallest absolute Gasteiger partial charge is 0.317 e. The minimum atomic E-state index is -0.00675. The van der Waals surface area contributed by atoms with Gasteiger partial charge in [0.1, 0.15) is 18.1 Å². The van der Waals surface area contributed by atoms with Crippen LogP contribution in [0, 0.1) is 6.92 Å². The quantitative estimate of drug-likeness (QED) is 0.765. The highest BCUT2D eigenvalue weighted by Crippen LogP contribution is 2.26. The van der Waals surface area contributed by atoms with Gasteiger partial charge in [-0.05, 0) is 35.7 Å². The summed E-state index contributed by atoms with van der Waals surface area (Å²) in [4.78, 5) is 16.7. The molecule has 29 heavy (non-hydrogen) atoms. The molecule has 0 radical (unpaired) electrons. The molecule has 1 N–H and O–H groups in total. The van der Waals surface area contributed by atoms with E-state index in [9.17, 15) is 4.79 Å². The van der Waals surface area contributed by atoms with Gasteiger partial charge in [0.05, 0.1) is 13.2 Å².